The van der Waals surface area contributed by atoms with Crippen LogP contribution in [-0.4, -0.2) is 25.5 Å². The molecule has 0 saturated heterocycles. The molecule has 0 saturated carbocycles. The topological polar surface area (TPSA) is 100 Å². The normalized spacial score (nSPS) is 10.7. The molecule has 3 rings (SSSR count). The zero-order valence-corrected chi connectivity index (χ0v) is 19.5. The van der Waals surface area contributed by atoms with Crippen LogP contribution < -0.4 is 20.1 Å². The minimum Gasteiger partial charge on any atom is -0.493 e. The molecule has 9 heteroatoms. The Kier molecular flexibility index (Phi) is 8.52. The number of rotatable bonds is 8. The standard InChI is InChI=1S/C25H19Cl2N3O4/c1-33-23-13-16(12-17(14-28)25(32)30-21-5-3-2-4-20(21)27)6-11-22(23)34-15-24(31)29-19-9-7-18(26)8-10-19/h2-13H,15H2,1H3,(H,29,31)(H,30,32)/b17-12+. The molecule has 0 atom stereocenters. The maximum atomic E-state index is 12.5. The minimum atomic E-state index is -0.603. The van der Waals surface area contributed by atoms with Gasteiger partial charge in [-0.1, -0.05) is 41.4 Å². The Labute approximate surface area is 206 Å². The van der Waals surface area contributed by atoms with E-state index in [-0.39, 0.29) is 18.1 Å². The van der Waals surface area contributed by atoms with Crippen molar-refractivity contribution in [2.24, 2.45) is 0 Å². The summed E-state index contributed by atoms with van der Waals surface area (Å²) in [6.07, 6.45) is 1.41. The van der Waals surface area contributed by atoms with Crippen LogP contribution in [0.3, 0.4) is 0 Å². The predicted molar refractivity (Wildman–Crippen MR) is 132 cm³/mol. The van der Waals surface area contributed by atoms with Gasteiger partial charge in [0.1, 0.15) is 11.6 Å². The Hall–Kier alpha value is -3.99. The highest BCUT2D eigenvalue weighted by atomic mass is 35.5. The molecule has 0 radical (unpaired) electrons. The highest BCUT2D eigenvalue weighted by Crippen LogP contribution is 2.29. The Morgan fingerprint density at radius 1 is 1.00 bits per heavy atom. The first-order chi connectivity index (χ1) is 16.4. The molecule has 2 amide bonds. The molecule has 172 valence electrons. The Morgan fingerprint density at radius 3 is 2.41 bits per heavy atom. The molecule has 0 bridgehead atoms. The molecule has 0 aliphatic rings. The third-order valence-corrected chi connectivity index (χ3v) is 5.05. The molecule has 3 aromatic rings. The van der Waals surface area contributed by atoms with Crippen LogP contribution >= 0.6 is 23.2 Å². The molecule has 0 fully saturated rings. The average molecular weight is 496 g/mol. The number of benzene rings is 3. The second-order valence-corrected chi connectivity index (χ2v) is 7.70. The van der Waals surface area contributed by atoms with Gasteiger partial charge >= 0.3 is 0 Å². The molecule has 7 nitrogen and oxygen atoms in total. The van der Waals surface area contributed by atoms with E-state index in [2.05, 4.69) is 10.6 Å². The number of halogens is 2. The van der Waals surface area contributed by atoms with Crippen molar-refractivity contribution in [1.29, 1.82) is 5.26 Å². The van der Waals surface area contributed by atoms with Crippen molar-refractivity contribution in [3.8, 4) is 17.6 Å². The number of methoxy groups -OCH3 is 1. The van der Waals surface area contributed by atoms with E-state index in [9.17, 15) is 14.9 Å². The lowest BCUT2D eigenvalue weighted by Gasteiger charge is -2.12. The summed E-state index contributed by atoms with van der Waals surface area (Å²) < 4.78 is 10.9. The van der Waals surface area contributed by atoms with E-state index in [1.165, 1.54) is 13.2 Å². The first kappa shape index (κ1) is 24.6. The summed E-state index contributed by atoms with van der Waals surface area (Å²) in [5, 5.41) is 15.7. The third-order valence-electron chi connectivity index (χ3n) is 4.47. The van der Waals surface area contributed by atoms with Crippen LogP contribution in [0.2, 0.25) is 10.0 Å². The third kappa shape index (κ3) is 6.75. The molecule has 0 aliphatic carbocycles. The Balaban J connectivity index is 1.68. The van der Waals surface area contributed by atoms with E-state index >= 15 is 0 Å². The summed E-state index contributed by atoms with van der Waals surface area (Å²) in [4.78, 5) is 24.7. The number of hydrogen-bond acceptors (Lipinski definition) is 5. The zero-order chi connectivity index (χ0) is 24.5. The number of nitriles is 1. The van der Waals surface area contributed by atoms with Crippen LogP contribution in [0.15, 0.2) is 72.3 Å². The fourth-order valence-electron chi connectivity index (χ4n) is 2.83. The molecule has 2 N–H and O–H groups in total. The molecular formula is C25H19Cl2N3O4. The van der Waals surface area contributed by atoms with Gasteiger partial charge in [-0.05, 0) is 60.2 Å². The maximum absolute atomic E-state index is 12.5. The van der Waals surface area contributed by atoms with E-state index < -0.39 is 5.91 Å². The highest BCUT2D eigenvalue weighted by Gasteiger charge is 2.13. The van der Waals surface area contributed by atoms with Crippen molar-refractivity contribution in [3.05, 3.63) is 87.9 Å². The van der Waals surface area contributed by atoms with Gasteiger partial charge in [-0.25, -0.2) is 0 Å². The van der Waals surface area contributed by atoms with Gasteiger partial charge in [0.2, 0.25) is 0 Å². The summed E-state index contributed by atoms with van der Waals surface area (Å²) in [6, 6.07) is 20.1. The number of hydrogen-bond donors (Lipinski definition) is 2. The lowest BCUT2D eigenvalue weighted by atomic mass is 10.1. The van der Waals surface area contributed by atoms with Gasteiger partial charge in [0.15, 0.2) is 18.1 Å². The largest absolute Gasteiger partial charge is 0.493 e. The van der Waals surface area contributed by atoms with Gasteiger partial charge in [0.25, 0.3) is 11.8 Å². The van der Waals surface area contributed by atoms with E-state index in [1.807, 2.05) is 6.07 Å². The average Bonchev–Trinajstić information content (AvgIpc) is 2.84. The van der Waals surface area contributed by atoms with Crippen molar-refractivity contribution < 1.29 is 19.1 Å². The zero-order valence-electron chi connectivity index (χ0n) is 18.0. The van der Waals surface area contributed by atoms with E-state index in [0.29, 0.717) is 38.5 Å². The van der Waals surface area contributed by atoms with Crippen LogP contribution in [0, 0.1) is 11.3 Å². The fraction of sp³-hybridized carbons (Fsp3) is 0.0800. The number of amides is 2. The van der Waals surface area contributed by atoms with Gasteiger partial charge < -0.3 is 20.1 Å². The number of carbonyl (C=O) groups is 2. The van der Waals surface area contributed by atoms with Crippen molar-refractivity contribution in [1.82, 2.24) is 0 Å². The van der Waals surface area contributed by atoms with Crippen LogP contribution in [-0.2, 0) is 9.59 Å². The van der Waals surface area contributed by atoms with Crippen LogP contribution in [0.25, 0.3) is 6.08 Å². The molecule has 0 unspecified atom stereocenters. The Morgan fingerprint density at radius 2 is 1.74 bits per heavy atom. The number of carbonyl (C=O) groups excluding carboxylic acids is 2. The van der Waals surface area contributed by atoms with Crippen molar-refractivity contribution in [2.45, 2.75) is 0 Å². The summed E-state index contributed by atoms with van der Waals surface area (Å²) in [5.74, 6) is -0.313. The Bertz CT molecular complexity index is 1270. The van der Waals surface area contributed by atoms with E-state index in [4.69, 9.17) is 32.7 Å². The second-order valence-electron chi connectivity index (χ2n) is 6.86. The summed E-state index contributed by atoms with van der Waals surface area (Å²) >= 11 is 11.9. The van der Waals surface area contributed by atoms with Gasteiger partial charge in [-0.3, -0.25) is 9.59 Å². The van der Waals surface area contributed by atoms with Crippen LogP contribution in [0.1, 0.15) is 5.56 Å². The van der Waals surface area contributed by atoms with Gasteiger partial charge in [0.05, 0.1) is 17.8 Å². The number of nitrogens with one attached hydrogen (secondary N) is 2. The van der Waals surface area contributed by atoms with Crippen LogP contribution in [0.4, 0.5) is 11.4 Å². The van der Waals surface area contributed by atoms with Crippen molar-refractivity contribution in [2.75, 3.05) is 24.4 Å². The van der Waals surface area contributed by atoms with Gasteiger partial charge in [-0.2, -0.15) is 5.26 Å². The van der Waals surface area contributed by atoms with Crippen molar-refractivity contribution in [3.63, 3.8) is 0 Å². The maximum Gasteiger partial charge on any atom is 0.266 e. The van der Waals surface area contributed by atoms with Crippen LogP contribution in [0.5, 0.6) is 11.5 Å². The van der Waals surface area contributed by atoms with E-state index in [1.54, 1.807) is 66.7 Å². The second kappa shape index (κ2) is 11.8. The summed E-state index contributed by atoms with van der Waals surface area (Å²) in [6.45, 7) is -0.252. The first-order valence-electron chi connectivity index (χ1n) is 9.93. The van der Waals surface area contributed by atoms with Crippen molar-refractivity contribution >= 4 is 52.5 Å². The van der Waals surface area contributed by atoms with E-state index in [0.717, 1.165) is 0 Å². The van der Waals surface area contributed by atoms with Gasteiger partial charge in [-0.15, -0.1) is 0 Å². The number of ether oxygens (including phenoxy) is 2. The monoisotopic (exact) mass is 495 g/mol. The molecule has 0 heterocycles. The molecule has 3 aromatic carbocycles. The highest BCUT2D eigenvalue weighted by molar-refractivity contribution is 6.34. The number of nitrogens with zero attached hydrogens (tertiary/aromatic N) is 1. The lowest BCUT2D eigenvalue weighted by Crippen LogP contribution is -2.20. The first-order valence-corrected chi connectivity index (χ1v) is 10.7. The van der Waals surface area contributed by atoms with Gasteiger partial charge in [0, 0.05) is 10.7 Å². The SMILES string of the molecule is COc1cc(/C=C(\C#N)C(=O)Nc2ccccc2Cl)ccc1OCC(=O)Nc1ccc(Cl)cc1. The molecule has 0 spiro atoms. The smallest absolute Gasteiger partial charge is 0.266 e. The fourth-order valence-corrected chi connectivity index (χ4v) is 3.14. The number of anilines is 2. The number of para-hydroxylation sites is 1. The molecular weight excluding hydrogens is 477 g/mol. The molecule has 0 aromatic heterocycles. The minimum absolute atomic E-state index is 0.127. The predicted octanol–water partition coefficient (Wildman–Crippen LogP) is 5.57. The summed E-state index contributed by atoms with van der Waals surface area (Å²) in [5.41, 5.74) is 1.39. The molecule has 34 heavy (non-hydrogen) atoms. The summed E-state index contributed by atoms with van der Waals surface area (Å²) in [7, 11) is 1.44. The molecule has 0 aliphatic heterocycles. The quantitative estimate of drug-likeness (QED) is 0.314. The lowest BCUT2D eigenvalue weighted by molar-refractivity contribution is -0.118.